The Morgan fingerprint density at radius 3 is 2.45 bits per heavy atom. The molecule has 1 aromatic heterocycles. The fourth-order valence-corrected chi connectivity index (χ4v) is 2.89. The Kier molecular flexibility index (Phi) is 6.13. The van der Waals surface area contributed by atoms with Crippen LogP contribution in [0.5, 0.6) is 11.5 Å². The first-order valence-corrected chi connectivity index (χ1v) is 8.93. The van der Waals surface area contributed by atoms with E-state index in [1.165, 1.54) is 0 Å². The Hall–Kier alpha value is -3.81. The van der Waals surface area contributed by atoms with Crippen LogP contribution < -0.4 is 20.5 Å². The Balaban J connectivity index is 1.75. The number of aromatic nitrogens is 2. The lowest BCUT2D eigenvalue weighted by molar-refractivity contribution is -0.119. The molecular weight excluding hydrogens is 372 g/mol. The maximum atomic E-state index is 12.6. The summed E-state index contributed by atoms with van der Waals surface area (Å²) in [7, 11) is 3.10. The highest BCUT2D eigenvalue weighted by molar-refractivity contribution is 5.96. The highest BCUT2D eigenvalue weighted by atomic mass is 16.5. The van der Waals surface area contributed by atoms with Gasteiger partial charge in [-0.05, 0) is 29.8 Å². The van der Waals surface area contributed by atoms with Crippen molar-refractivity contribution in [3.05, 3.63) is 65.9 Å². The second kappa shape index (κ2) is 8.92. The third-order valence-electron chi connectivity index (χ3n) is 4.43. The first-order chi connectivity index (χ1) is 14.0. The van der Waals surface area contributed by atoms with E-state index in [2.05, 4.69) is 15.5 Å². The molecule has 3 aromatic rings. The van der Waals surface area contributed by atoms with E-state index in [0.717, 1.165) is 11.1 Å². The number of nitrogens with zero attached hydrogens (tertiary/aromatic N) is 1. The smallest absolute Gasteiger partial charge is 0.269 e. The molecule has 1 atom stereocenters. The molecule has 0 saturated carbocycles. The van der Waals surface area contributed by atoms with Gasteiger partial charge in [-0.2, -0.15) is 5.10 Å². The van der Waals surface area contributed by atoms with E-state index in [1.54, 1.807) is 38.5 Å². The zero-order chi connectivity index (χ0) is 20.8. The van der Waals surface area contributed by atoms with Crippen LogP contribution in [0.25, 0.3) is 11.3 Å². The summed E-state index contributed by atoms with van der Waals surface area (Å²) in [5, 5.41) is 9.53. The average Bonchev–Trinajstić information content (AvgIpc) is 3.23. The van der Waals surface area contributed by atoms with Gasteiger partial charge in [-0.1, -0.05) is 30.3 Å². The SMILES string of the molecule is COc1ccc(-c2cc(C(=O)NC(Cc3ccccc3)C(N)=O)[nH]n2)cc1OC. The van der Waals surface area contributed by atoms with Gasteiger partial charge in [0.15, 0.2) is 11.5 Å². The van der Waals surface area contributed by atoms with Crippen LogP contribution in [0.3, 0.4) is 0 Å². The van der Waals surface area contributed by atoms with E-state index in [-0.39, 0.29) is 5.69 Å². The maximum absolute atomic E-state index is 12.6. The van der Waals surface area contributed by atoms with E-state index >= 15 is 0 Å². The van der Waals surface area contributed by atoms with Crippen molar-refractivity contribution in [2.24, 2.45) is 5.73 Å². The number of nitrogens with two attached hydrogens (primary N) is 1. The first kappa shape index (κ1) is 19.9. The van der Waals surface area contributed by atoms with Crippen LogP contribution >= 0.6 is 0 Å². The third kappa shape index (κ3) is 4.73. The van der Waals surface area contributed by atoms with Crippen molar-refractivity contribution in [3.8, 4) is 22.8 Å². The Bertz CT molecular complexity index is 1000. The number of methoxy groups -OCH3 is 2. The summed E-state index contributed by atoms with van der Waals surface area (Å²) < 4.78 is 10.5. The molecule has 0 fully saturated rings. The van der Waals surface area contributed by atoms with E-state index in [1.807, 2.05) is 30.3 Å². The van der Waals surface area contributed by atoms with E-state index in [9.17, 15) is 9.59 Å². The molecule has 8 nitrogen and oxygen atoms in total. The van der Waals surface area contributed by atoms with Crippen LogP contribution in [-0.4, -0.2) is 42.3 Å². The van der Waals surface area contributed by atoms with Gasteiger partial charge in [0.1, 0.15) is 11.7 Å². The second-order valence-corrected chi connectivity index (χ2v) is 6.35. The number of nitrogens with one attached hydrogen (secondary N) is 2. The van der Waals surface area contributed by atoms with Gasteiger partial charge in [-0.25, -0.2) is 0 Å². The lowest BCUT2D eigenvalue weighted by Crippen LogP contribution is -2.46. The predicted octanol–water partition coefficient (Wildman–Crippen LogP) is 1.92. The van der Waals surface area contributed by atoms with Crippen molar-refractivity contribution in [3.63, 3.8) is 0 Å². The van der Waals surface area contributed by atoms with Crippen LogP contribution in [0.1, 0.15) is 16.1 Å². The third-order valence-corrected chi connectivity index (χ3v) is 4.43. The quantitative estimate of drug-likeness (QED) is 0.539. The summed E-state index contributed by atoms with van der Waals surface area (Å²) in [6.45, 7) is 0. The van der Waals surface area contributed by atoms with Gasteiger partial charge in [-0.3, -0.25) is 14.7 Å². The number of carbonyl (C=O) groups excluding carboxylic acids is 2. The number of rotatable bonds is 8. The molecule has 1 unspecified atom stereocenters. The minimum absolute atomic E-state index is 0.217. The van der Waals surface area contributed by atoms with Gasteiger partial charge in [-0.15, -0.1) is 0 Å². The van der Waals surface area contributed by atoms with Gasteiger partial charge in [0.2, 0.25) is 5.91 Å². The number of carbonyl (C=O) groups is 2. The van der Waals surface area contributed by atoms with Gasteiger partial charge >= 0.3 is 0 Å². The van der Waals surface area contributed by atoms with Crippen molar-refractivity contribution < 1.29 is 19.1 Å². The van der Waals surface area contributed by atoms with E-state index in [4.69, 9.17) is 15.2 Å². The number of H-pyrrole nitrogens is 1. The van der Waals surface area contributed by atoms with Crippen LogP contribution in [0.4, 0.5) is 0 Å². The summed E-state index contributed by atoms with van der Waals surface area (Å²) >= 11 is 0. The van der Waals surface area contributed by atoms with Crippen LogP contribution in [0, 0.1) is 0 Å². The minimum atomic E-state index is -0.835. The fourth-order valence-electron chi connectivity index (χ4n) is 2.89. The predicted molar refractivity (Wildman–Crippen MR) is 108 cm³/mol. The number of amides is 2. The highest BCUT2D eigenvalue weighted by Crippen LogP contribution is 2.31. The molecule has 1 heterocycles. The lowest BCUT2D eigenvalue weighted by atomic mass is 10.1. The number of ether oxygens (including phenoxy) is 2. The summed E-state index contributed by atoms with van der Waals surface area (Å²) in [5.41, 5.74) is 7.87. The average molecular weight is 394 g/mol. The van der Waals surface area contributed by atoms with Gasteiger partial charge < -0.3 is 20.5 Å². The molecule has 2 aromatic carbocycles. The standard InChI is InChI=1S/C21H22N4O4/c1-28-18-9-8-14(11-19(18)29-2)15-12-17(25-24-15)21(27)23-16(20(22)26)10-13-6-4-3-5-7-13/h3-9,11-12,16H,10H2,1-2H3,(H2,22,26)(H,23,27)(H,24,25). The maximum Gasteiger partial charge on any atom is 0.269 e. The minimum Gasteiger partial charge on any atom is -0.493 e. The topological polar surface area (TPSA) is 119 Å². The molecule has 8 heteroatoms. The summed E-state index contributed by atoms with van der Waals surface area (Å²) in [6, 6.07) is 15.4. The zero-order valence-corrected chi connectivity index (χ0v) is 16.1. The molecule has 0 spiro atoms. The first-order valence-electron chi connectivity index (χ1n) is 8.93. The van der Waals surface area contributed by atoms with Crippen LogP contribution in [0.2, 0.25) is 0 Å². The second-order valence-electron chi connectivity index (χ2n) is 6.35. The normalized spacial score (nSPS) is 11.5. The van der Waals surface area contributed by atoms with E-state index in [0.29, 0.717) is 23.6 Å². The van der Waals surface area contributed by atoms with Crippen molar-refractivity contribution in [1.82, 2.24) is 15.5 Å². The molecule has 0 saturated heterocycles. The molecule has 29 heavy (non-hydrogen) atoms. The molecule has 0 aliphatic heterocycles. The molecule has 3 rings (SSSR count). The Morgan fingerprint density at radius 2 is 1.79 bits per heavy atom. The fraction of sp³-hybridized carbons (Fsp3) is 0.190. The molecule has 2 amide bonds. The van der Waals surface area contributed by atoms with Crippen molar-refractivity contribution >= 4 is 11.8 Å². The zero-order valence-electron chi connectivity index (χ0n) is 16.1. The lowest BCUT2D eigenvalue weighted by Gasteiger charge is -2.14. The summed E-state index contributed by atoms with van der Waals surface area (Å²) in [5.74, 6) is 0.0661. The monoisotopic (exact) mass is 394 g/mol. The van der Waals surface area contributed by atoms with Crippen molar-refractivity contribution in [1.29, 1.82) is 0 Å². The molecule has 0 aliphatic rings. The molecule has 0 aliphatic carbocycles. The number of hydrogen-bond donors (Lipinski definition) is 3. The van der Waals surface area contributed by atoms with Crippen LogP contribution in [-0.2, 0) is 11.2 Å². The van der Waals surface area contributed by atoms with Crippen molar-refractivity contribution in [2.75, 3.05) is 14.2 Å². The molecule has 0 radical (unpaired) electrons. The summed E-state index contributed by atoms with van der Waals surface area (Å²) in [6.07, 6.45) is 0.304. The number of primary amides is 1. The van der Waals surface area contributed by atoms with Gasteiger partial charge in [0.05, 0.1) is 19.9 Å². The van der Waals surface area contributed by atoms with Crippen molar-refractivity contribution in [2.45, 2.75) is 12.5 Å². The highest BCUT2D eigenvalue weighted by Gasteiger charge is 2.21. The summed E-state index contributed by atoms with van der Waals surface area (Å²) in [4.78, 5) is 24.4. The van der Waals surface area contributed by atoms with Gasteiger partial charge in [0, 0.05) is 12.0 Å². The Labute approximate surface area is 168 Å². The largest absolute Gasteiger partial charge is 0.493 e. The molecule has 4 N–H and O–H groups in total. The number of aromatic amines is 1. The van der Waals surface area contributed by atoms with Gasteiger partial charge in [0.25, 0.3) is 5.91 Å². The molecule has 0 bridgehead atoms. The van der Waals surface area contributed by atoms with E-state index < -0.39 is 17.9 Å². The van der Waals surface area contributed by atoms with Crippen LogP contribution in [0.15, 0.2) is 54.6 Å². The molecular formula is C21H22N4O4. The number of benzene rings is 2. The Morgan fingerprint density at radius 1 is 1.07 bits per heavy atom. The molecule has 150 valence electrons. The number of hydrogen-bond acceptors (Lipinski definition) is 5.